The molecule has 0 aromatic carbocycles. The molecule has 0 spiro atoms. The number of carbonyl (C=O) groups excluding carboxylic acids is 2. The van der Waals surface area contributed by atoms with Crippen LogP contribution in [-0.2, 0) is 14.3 Å². The van der Waals surface area contributed by atoms with Gasteiger partial charge in [-0.15, -0.1) is 0 Å². The van der Waals surface area contributed by atoms with Crippen LogP contribution >= 0.6 is 0 Å². The molecule has 0 aliphatic rings. The number of carbonyl (C=O) groups is 2. The molecule has 0 radical (unpaired) electrons. The molecule has 0 aromatic rings. The van der Waals surface area contributed by atoms with Crippen LogP contribution < -0.4 is 5.73 Å². The van der Waals surface area contributed by atoms with Crippen LogP contribution in [0.5, 0.6) is 0 Å². The van der Waals surface area contributed by atoms with Crippen molar-refractivity contribution in [1.82, 2.24) is 0 Å². The Bertz CT molecular complexity index is 87.1. The summed E-state index contributed by atoms with van der Waals surface area (Å²) in [6.07, 6.45) is 0. The van der Waals surface area contributed by atoms with Crippen LogP contribution in [0.2, 0.25) is 0 Å². The normalized spacial score (nSPS) is 5.89. The van der Waals surface area contributed by atoms with E-state index in [0.29, 0.717) is 0 Å². The van der Waals surface area contributed by atoms with E-state index in [1.807, 2.05) is 0 Å². The first-order valence-electron chi connectivity index (χ1n) is 1.64. The molecule has 0 amide bonds. The second kappa shape index (κ2) is 11.8. The average Bonchev–Trinajstić information content (AvgIpc) is 1.68. The molecule has 9 heavy (non-hydrogen) atoms. The van der Waals surface area contributed by atoms with E-state index in [1.165, 1.54) is 0 Å². The van der Waals surface area contributed by atoms with Gasteiger partial charge in [-0.2, -0.15) is 0 Å². The van der Waals surface area contributed by atoms with Crippen molar-refractivity contribution in [3.05, 3.63) is 0 Å². The molecule has 6 heteroatoms. The van der Waals surface area contributed by atoms with Crippen molar-refractivity contribution in [3.63, 3.8) is 0 Å². The van der Waals surface area contributed by atoms with Gasteiger partial charge in [0, 0.05) is 0 Å². The first-order valence-corrected chi connectivity index (χ1v) is 1.64. The van der Waals surface area contributed by atoms with Crippen LogP contribution in [0.15, 0.2) is 0 Å². The summed E-state index contributed by atoms with van der Waals surface area (Å²) < 4.78 is 3.75. The summed E-state index contributed by atoms with van der Waals surface area (Å²) in [6.45, 7) is -0.200. The zero-order chi connectivity index (χ0) is 5.70. The zero-order valence-electron chi connectivity index (χ0n) is 3.59. The summed E-state index contributed by atoms with van der Waals surface area (Å²) in [6, 6.07) is 0. The second-order valence-corrected chi connectivity index (χ2v) is 0.790. The summed E-state index contributed by atoms with van der Waals surface area (Å²) in [5.41, 5.74) is 4.72. The predicted molar refractivity (Wildman–Crippen MR) is 35.5 cm³/mol. The number of esters is 1. The molecule has 0 bridgehead atoms. The van der Waals surface area contributed by atoms with Gasteiger partial charge in [-0.25, -0.2) is 0 Å². The summed E-state index contributed by atoms with van der Waals surface area (Å²) in [7, 11) is 0. The van der Waals surface area contributed by atoms with E-state index >= 15 is 0 Å². The first-order chi connectivity index (χ1) is 3.31. The fourth-order valence-corrected chi connectivity index (χ4v) is 0.102. The Morgan fingerprint density at radius 2 is 2.00 bits per heavy atom. The summed E-state index contributed by atoms with van der Waals surface area (Å²) in [4.78, 5) is 19.1. The van der Waals surface area contributed by atoms with Gasteiger partial charge in [0.1, 0.15) is 0 Å². The van der Waals surface area contributed by atoms with Gasteiger partial charge in [-0.3, -0.25) is 9.59 Å². The molecule has 44 valence electrons. The Morgan fingerprint density at radius 3 is 2.11 bits per heavy atom. The van der Waals surface area contributed by atoms with Crippen molar-refractivity contribution >= 4 is 71.6 Å². The molecular formula is C3H7NNa2O3. The van der Waals surface area contributed by atoms with Crippen LogP contribution in [0.3, 0.4) is 0 Å². The molecule has 0 heterocycles. The molecule has 2 N–H and O–H groups in total. The average molecular weight is 151 g/mol. The van der Waals surface area contributed by atoms with Gasteiger partial charge in [-0.1, -0.05) is 0 Å². The molecule has 0 unspecified atom stereocenters. The number of hydrogen-bond acceptors (Lipinski definition) is 4. The van der Waals surface area contributed by atoms with Gasteiger partial charge in [0.2, 0.25) is 0 Å². The standard InChI is InChI=1S/C3H5NO3.2Na.2H/c4-1-3(6)7-2-5;;;;/h2H,1,4H2;;;;. The molecule has 0 aliphatic carbocycles. The van der Waals surface area contributed by atoms with Crippen LogP contribution in [0.4, 0.5) is 0 Å². The van der Waals surface area contributed by atoms with E-state index < -0.39 is 5.97 Å². The number of ether oxygens (including phenoxy) is 1. The van der Waals surface area contributed by atoms with Gasteiger partial charge < -0.3 is 10.5 Å². The fraction of sp³-hybridized carbons (Fsp3) is 0.333. The van der Waals surface area contributed by atoms with E-state index in [-0.39, 0.29) is 72.1 Å². The minimum absolute atomic E-state index is 0. The molecule has 0 aromatic heterocycles. The third-order valence-electron chi connectivity index (χ3n) is 0.346. The van der Waals surface area contributed by atoms with Gasteiger partial charge in [0.15, 0.2) is 0 Å². The molecule has 0 rings (SSSR count). The van der Waals surface area contributed by atoms with E-state index in [4.69, 9.17) is 5.73 Å². The minimum atomic E-state index is -0.713. The topological polar surface area (TPSA) is 69.4 Å². The monoisotopic (exact) mass is 151 g/mol. The first kappa shape index (κ1) is 16.6. The molecule has 0 fully saturated rings. The van der Waals surface area contributed by atoms with Crippen LogP contribution in [0, 0.1) is 0 Å². The summed E-state index contributed by atoms with van der Waals surface area (Å²) >= 11 is 0. The van der Waals surface area contributed by atoms with Gasteiger partial charge in [-0.05, 0) is 0 Å². The third kappa shape index (κ3) is 12.3. The van der Waals surface area contributed by atoms with Crippen molar-refractivity contribution in [3.8, 4) is 0 Å². The van der Waals surface area contributed by atoms with Crippen LogP contribution in [-0.4, -0.2) is 78.1 Å². The Hall–Kier alpha value is 1.10. The molecule has 0 aliphatic heterocycles. The Morgan fingerprint density at radius 1 is 1.56 bits per heavy atom. The van der Waals surface area contributed by atoms with Crippen molar-refractivity contribution in [2.24, 2.45) is 5.73 Å². The van der Waals surface area contributed by atoms with Crippen molar-refractivity contribution in [1.29, 1.82) is 0 Å². The fourth-order valence-electron chi connectivity index (χ4n) is 0.102. The van der Waals surface area contributed by atoms with Crippen LogP contribution in [0.25, 0.3) is 0 Å². The van der Waals surface area contributed by atoms with E-state index in [1.54, 1.807) is 0 Å². The summed E-state index contributed by atoms with van der Waals surface area (Å²) in [5.74, 6) is -0.713. The number of hydrogen-bond donors (Lipinski definition) is 1. The Labute approximate surface area is 97.1 Å². The maximum absolute atomic E-state index is 9.83. The SMILES string of the molecule is NCC(=O)OC=O.[NaH].[NaH]. The molecular weight excluding hydrogens is 144 g/mol. The van der Waals surface area contributed by atoms with Gasteiger partial charge in [0.05, 0.1) is 6.54 Å². The Kier molecular flexibility index (Phi) is 21.8. The van der Waals surface area contributed by atoms with Crippen LogP contribution in [0.1, 0.15) is 0 Å². The summed E-state index contributed by atoms with van der Waals surface area (Å²) in [5, 5.41) is 0. The zero-order valence-corrected chi connectivity index (χ0v) is 3.59. The quantitative estimate of drug-likeness (QED) is 0.202. The van der Waals surface area contributed by atoms with E-state index in [0.717, 1.165) is 0 Å². The second-order valence-electron chi connectivity index (χ2n) is 0.790. The third-order valence-corrected chi connectivity index (χ3v) is 0.346. The predicted octanol–water partition coefficient (Wildman–Crippen LogP) is -2.65. The van der Waals surface area contributed by atoms with E-state index in [9.17, 15) is 9.59 Å². The number of nitrogens with two attached hydrogens (primary N) is 1. The Balaban J connectivity index is -0.000000180. The van der Waals surface area contributed by atoms with Crippen molar-refractivity contribution < 1.29 is 14.3 Å². The number of rotatable bonds is 2. The van der Waals surface area contributed by atoms with Gasteiger partial charge >= 0.3 is 71.6 Å². The molecule has 0 saturated carbocycles. The maximum atomic E-state index is 9.83. The van der Waals surface area contributed by atoms with Crippen molar-refractivity contribution in [2.45, 2.75) is 0 Å². The van der Waals surface area contributed by atoms with Crippen molar-refractivity contribution in [2.75, 3.05) is 6.54 Å². The van der Waals surface area contributed by atoms with Gasteiger partial charge in [0.25, 0.3) is 0 Å². The molecule has 0 atom stereocenters. The molecule has 0 saturated heterocycles. The van der Waals surface area contributed by atoms with E-state index in [2.05, 4.69) is 4.74 Å². The molecule has 4 nitrogen and oxygen atoms in total.